The van der Waals surface area contributed by atoms with E-state index in [9.17, 15) is 18.5 Å². The van der Waals surface area contributed by atoms with Crippen LogP contribution in [0.25, 0.3) is 0 Å². The Balaban J connectivity index is 3.63. The molecular weight excluding hydrogens is 280 g/mol. The van der Waals surface area contributed by atoms with Crippen LogP contribution in [0.2, 0.25) is 0 Å². The molecule has 0 aliphatic rings. The van der Waals surface area contributed by atoms with Gasteiger partial charge in [-0.25, -0.2) is 8.42 Å². The summed E-state index contributed by atoms with van der Waals surface area (Å²) in [6.45, 7) is 7.49. The molecule has 0 aliphatic heterocycles. The molecule has 0 spiro atoms. The molecular formula is C13H20N2O4S. The minimum absolute atomic E-state index is 0.0172. The van der Waals surface area contributed by atoms with E-state index < -0.39 is 14.9 Å². The lowest BCUT2D eigenvalue weighted by atomic mass is 9.92. The van der Waals surface area contributed by atoms with E-state index in [-0.39, 0.29) is 17.5 Å². The second-order valence-corrected chi connectivity index (χ2v) is 7.19. The quantitative estimate of drug-likeness (QED) is 0.668. The van der Waals surface area contributed by atoms with Crippen LogP contribution in [0.3, 0.4) is 0 Å². The second kappa shape index (κ2) is 5.78. The van der Waals surface area contributed by atoms with Gasteiger partial charge < -0.3 is 0 Å². The van der Waals surface area contributed by atoms with E-state index >= 15 is 0 Å². The third-order valence-electron chi connectivity index (χ3n) is 2.93. The van der Waals surface area contributed by atoms with Crippen LogP contribution in [-0.2, 0) is 10.0 Å². The SMILES string of the molecule is CC(C)c1cc([N+](=O)[O-])cc(C(C)C)c1NS(C)(=O)=O. The number of sulfonamides is 1. The summed E-state index contributed by atoms with van der Waals surface area (Å²) in [7, 11) is -3.44. The van der Waals surface area contributed by atoms with Crippen LogP contribution < -0.4 is 4.72 Å². The topological polar surface area (TPSA) is 89.3 Å². The summed E-state index contributed by atoms with van der Waals surface area (Å²) in [6, 6.07) is 2.87. The predicted molar refractivity (Wildman–Crippen MR) is 79.7 cm³/mol. The molecule has 6 nitrogen and oxygen atoms in total. The largest absolute Gasteiger partial charge is 0.283 e. The number of hydrogen-bond acceptors (Lipinski definition) is 4. The Morgan fingerprint density at radius 3 is 1.75 bits per heavy atom. The Labute approximate surface area is 119 Å². The molecule has 0 saturated heterocycles. The van der Waals surface area contributed by atoms with Crippen molar-refractivity contribution in [1.82, 2.24) is 0 Å². The number of nitrogens with one attached hydrogen (secondary N) is 1. The van der Waals surface area contributed by atoms with Gasteiger partial charge in [0.2, 0.25) is 10.0 Å². The number of hydrogen-bond donors (Lipinski definition) is 1. The summed E-state index contributed by atoms with van der Waals surface area (Å²) in [6.07, 6.45) is 1.07. The second-order valence-electron chi connectivity index (χ2n) is 5.44. The van der Waals surface area contributed by atoms with Gasteiger partial charge in [-0.15, -0.1) is 0 Å². The molecule has 0 amide bonds. The Bertz CT molecular complexity index is 592. The highest BCUT2D eigenvalue weighted by Crippen LogP contribution is 2.36. The van der Waals surface area contributed by atoms with Crippen molar-refractivity contribution in [1.29, 1.82) is 0 Å². The number of nitro groups is 1. The number of nitro benzene ring substituents is 1. The number of non-ortho nitro benzene ring substituents is 1. The first-order valence-corrected chi connectivity index (χ1v) is 8.22. The van der Waals surface area contributed by atoms with Crippen molar-refractivity contribution in [2.24, 2.45) is 0 Å². The molecule has 0 aromatic heterocycles. The fraction of sp³-hybridized carbons (Fsp3) is 0.538. The lowest BCUT2D eigenvalue weighted by molar-refractivity contribution is -0.385. The van der Waals surface area contributed by atoms with E-state index in [0.29, 0.717) is 16.8 Å². The van der Waals surface area contributed by atoms with E-state index in [2.05, 4.69) is 4.72 Å². The number of nitrogens with zero attached hydrogens (tertiary/aromatic N) is 1. The first-order valence-electron chi connectivity index (χ1n) is 6.33. The molecule has 1 aromatic rings. The minimum Gasteiger partial charge on any atom is -0.283 e. The molecule has 1 N–H and O–H groups in total. The Morgan fingerprint density at radius 2 is 1.50 bits per heavy atom. The van der Waals surface area contributed by atoms with Gasteiger partial charge in [-0.3, -0.25) is 14.8 Å². The maximum atomic E-state index is 11.5. The van der Waals surface area contributed by atoms with Gasteiger partial charge in [0.1, 0.15) is 0 Å². The summed E-state index contributed by atoms with van der Waals surface area (Å²) in [5.41, 5.74) is 1.71. The van der Waals surface area contributed by atoms with Crippen LogP contribution in [0, 0.1) is 10.1 Å². The van der Waals surface area contributed by atoms with Gasteiger partial charge in [-0.05, 0) is 23.0 Å². The number of benzene rings is 1. The molecule has 0 fully saturated rings. The average Bonchev–Trinajstić information content (AvgIpc) is 2.25. The van der Waals surface area contributed by atoms with E-state index in [1.807, 2.05) is 27.7 Å². The zero-order valence-corrected chi connectivity index (χ0v) is 13.1. The van der Waals surface area contributed by atoms with Crippen LogP contribution in [0.1, 0.15) is 50.7 Å². The molecule has 0 heterocycles. The first kappa shape index (κ1) is 16.4. The van der Waals surface area contributed by atoms with Crippen LogP contribution in [0.5, 0.6) is 0 Å². The molecule has 0 aliphatic carbocycles. The summed E-state index contributed by atoms with van der Waals surface area (Å²) < 4.78 is 25.5. The monoisotopic (exact) mass is 300 g/mol. The van der Waals surface area contributed by atoms with Crippen molar-refractivity contribution < 1.29 is 13.3 Å². The normalized spacial score (nSPS) is 11.9. The standard InChI is InChI=1S/C13H20N2O4S/c1-8(2)11-6-10(15(16)17)7-12(9(3)4)13(11)14-20(5,18)19/h6-9,14H,1-5H3. The molecule has 1 aromatic carbocycles. The van der Waals surface area contributed by atoms with Crippen LogP contribution >= 0.6 is 0 Å². The van der Waals surface area contributed by atoms with Gasteiger partial charge in [0.15, 0.2) is 0 Å². The smallest absolute Gasteiger partial charge is 0.270 e. The van der Waals surface area contributed by atoms with Crippen molar-refractivity contribution in [2.45, 2.75) is 39.5 Å². The molecule has 112 valence electrons. The molecule has 0 saturated carbocycles. The third-order valence-corrected chi connectivity index (χ3v) is 3.50. The predicted octanol–water partition coefficient (Wildman–Crippen LogP) is 3.21. The highest BCUT2D eigenvalue weighted by atomic mass is 32.2. The summed E-state index contributed by atoms with van der Waals surface area (Å²) >= 11 is 0. The van der Waals surface area contributed by atoms with Gasteiger partial charge in [0.05, 0.1) is 16.9 Å². The van der Waals surface area contributed by atoms with Crippen molar-refractivity contribution in [3.05, 3.63) is 33.4 Å². The van der Waals surface area contributed by atoms with Gasteiger partial charge in [0, 0.05) is 12.1 Å². The zero-order valence-electron chi connectivity index (χ0n) is 12.3. The van der Waals surface area contributed by atoms with E-state index in [0.717, 1.165) is 6.26 Å². The lowest BCUT2D eigenvalue weighted by Crippen LogP contribution is -2.15. The molecule has 20 heavy (non-hydrogen) atoms. The highest BCUT2D eigenvalue weighted by molar-refractivity contribution is 7.92. The molecule has 0 radical (unpaired) electrons. The Kier molecular flexibility index (Phi) is 4.75. The van der Waals surface area contributed by atoms with Gasteiger partial charge in [-0.1, -0.05) is 27.7 Å². The molecule has 0 unspecified atom stereocenters. The number of rotatable bonds is 5. The molecule has 0 atom stereocenters. The van der Waals surface area contributed by atoms with E-state index in [1.165, 1.54) is 12.1 Å². The van der Waals surface area contributed by atoms with Gasteiger partial charge in [-0.2, -0.15) is 0 Å². The molecule has 0 bridgehead atoms. The van der Waals surface area contributed by atoms with Crippen LogP contribution in [0.4, 0.5) is 11.4 Å². The summed E-state index contributed by atoms with van der Waals surface area (Å²) in [5, 5.41) is 11.0. The number of anilines is 1. The highest BCUT2D eigenvalue weighted by Gasteiger charge is 2.21. The fourth-order valence-electron chi connectivity index (χ4n) is 1.99. The zero-order chi connectivity index (χ0) is 15.7. The third kappa shape index (κ3) is 3.93. The Hall–Kier alpha value is -1.63. The van der Waals surface area contributed by atoms with Crippen LogP contribution in [-0.4, -0.2) is 19.6 Å². The van der Waals surface area contributed by atoms with Crippen molar-refractivity contribution in [2.75, 3.05) is 11.0 Å². The minimum atomic E-state index is -3.44. The molecule has 1 rings (SSSR count). The van der Waals surface area contributed by atoms with Crippen molar-refractivity contribution in [3.8, 4) is 0 Å². The lowest BCUT2D eigenvalue weighted by Gasteiger charge is -2.19. The van der Waals surface area contributed by atoms with Gasteiger partial charge >= 0.3 is 0 Å². The van der Waals surface area contributed by atoms with E-state index in [4.69, 9.17) is 0 Å². The van der Waals surface area contributed by atoms with Crippen LogP contribution in [0.15, 0.2) is 12.1 Å². The van der Waals surface area contributed by atoms with Gasteiger partial charge in [0.25, 0.3) is 5.69 Å². The maximum Gasteiger partial charge on any atom is 0.270 e. The summed E-state index contributed by atoms with van der Waals surface area (Å²) in [5.74, 6) is -0.0618. The van der Waals surface area contributed by atoms with E-state index in [1.54, 1.807) is 0 Å². The Morgan fingerprint density at radius 1 is 1.10 bits per heavy atom. The molecule has 7 heteroatoms. The first-order chi connectivity index (χ1) is 9.03. The summed E-state index contributed by atoms with van der Waals surface area (Å²) in [4.78, 5) is 10.6. The van der Waals surface area contributed by atoms with Crippen molar-refractivity contribution in [3.63, 3.8) is 0 Å². The fourth-order valence-corrected chi connectivity index (χ4v) is 2.60. The van der Waals surface area contributed by atoms with Crippen molar-refractivity contribution >= 4 is 21.4 Å². The maximum absolute atomic E-state index is 11.5. The average molecular weight is 300 g/mol.